The van der Waals surface area contributed by atoms with Crippen molar-refractivity contribution in [3.63, 3.8) is 0 Å². The van der Waals surface area contributed by atoms with Gasteiger partial charge in [-0.2, -0.15) is 0 Å². The van der Waals surface area contributed by atoms with Crippen LogP contribution in [0.25, 0.3) is 11.0 Å². The van der Waals surface area contributed by atoms with Crippen LogP contribution in [-0.4, -0.2) is 22.6 Å². The Kier molecular flexibility index (Phi) is 2.29. The van der Waals surface area contributed by atoms with E-state index < -0.39 is 0 Å². The van der Waals surface area contributed by atoms with Gasteiger partial charge in [0.1, 0.15) is 0 Å². The van der Waals surface area contributed by atoms with Gasteiger partial charge in [0.15, 0.2) is 0 Å². The Hall–Kier alpha value is -1.55. The first-order chi connectivity index (χ1) is 7.86. The quantitative estimate of drug-likeness (QED) is 0.755. The lowest BCUT2D eigenvalue weighted by Crippen LogP contribution is -2.35. The molecule has 2 aromatic rings. The molecular formula is C12H15N3O. The van der Waals surface area contributed by atoms with Gasteiger partial charge in [0.2, 0.25) is 0 Å². The third-order valence-corrected chi connectivity index (χ3v) is 3.26. The second kappa shape index (κ2) is 3.79. The first-order valence-corrected chi connectivity index (χ1v) is 5.76. The van der Waals surface area contributed by atoms with E-state index in [4.69, 9.17) is 0 Å². The Morgan fingerprint density at radius 2 is 2.19 bits per heavy atom. The number of H-pyrrole nitrogens is 1. The Bertz CT molecular complexity index is 549. The lowest BCUT2D eigenvalue weighted by Gasteiger charge is -2.23. The van der Waals surface area contributed by atoms with Crippen LogP contribution in [0.5, 0.6) is 0 Å². The van der Waals surface area contributed by atoms with E-state index >= 15 is 0 Å². The predicted molar refractivity (Wildman–Crippen MR) is 63.7 cm³/mol. The Labute approximate surface area is 93.3 Å². The number of hydrogen-bond donors (Lipinski definition) is 2. The van der Waals surface area contributed by atoms with Crippen LogP contribution in [0.4, 0.5) is 0 Å². The van der Waals surface area contributed by atoms with Gasteiger partial charge >= 0.3 is 5.69 Å². The number of imidazole rings is 1. The molecule has 2 heterocycles. The Morgan fingerprint density at radius 1 is 1.31 bits per heavy atom. The number of aromatic amines is 1. The van der Waals surface area contributed by atoms with Gasteiger partial charge in [-0.1, -0.05) is 12.1 Å². The Morgan fingerprint density at radius 3 is 3.00 bits per heavy atom. The van der Waals surface area contributed by atoms with Gasteiger partial charge in [-0.05, 0) is 31.5 Å². The molecule has 2 N–H and O–H groups in total. The summed E-state index contributed by atoms with van der Waals surface area (Å²) in [5.41, 5.74) is 1.95. The summed E-state index contributed by atoms with van der Waals surface area (Å²) in [4.78, 5) is 14.8. The molecule has 84 valence electrons. The van der Waals surface area contributed by atoms with Gasteiger partial charge in [-0.3, -0.25) is 4.57 Å². The van der Waals surface area contributed by atoms with E-state index in [1.165, 1.54) is 0 Å². The molecule has 1 aliphatic rings. The summed E-state index contributed by atoms with van der Waals surface area (Å²) in [7, 11) is 0. The summed E-state index contributed by atoms with van der Waals surface area (Å²) in [5, 5.41) is 3.34. The normalized spacial score (nSPS) is 21.4. The van der Waals surface area contributed by atoms with E-state index in [9.17, 15) is 4.79 Å². The number of hydrogen-bond acceptors (Lipinski definition) is 2. The molecule has 3 rings (SSSR count). The zero-order chi connectivity index (χ0) is 11.0. The van der Waals surface area contributed by atoms with Gasteiger partial charge in [0, 0.05) is 6.54 Å². The lowest BCUT2D eigenvalue weighted by molar-refractivity contribution is 0.372. The maximum absolute atomic E-state index is 11.9. The summed E-state index contributed by atoms with van der Waals surface area (Å²) in [6.45, 7) is 1.95. The number of piperidine rings is 1. The molecular weight excluding hydrogens is 202 g/mol. The molecule has 1 aliphatic heterocycles. The van der Waals surface area contributed by atoms with E-state index in [0.717, 1.165) is 37.0 Å². The summed E-state index contributed by atoms with van der Waals surface area (Å²) in [5.74, 6) is 0. The minimum absolute atomic E-state index is 0.00917. The van der Waals surface area contributed by atoms with Crippen molar-refractivity contribution in [2.75, 3.05) is 13.1 Å². The molecule has 16 heavy (non-hydrogen) atoms. The summed E-state index contributed by atoms with van der Waals surface area (Å²) >= 11 is 0. The Balaban J connectivity index is 2.14. The largest absolute Gasteiger partial charge is 0.326 e. The maximum Gasteiger partial charge on any atom is 0.326 e. The number of rotatable bonds is 1. The number of para-hydroxylation sites is 2. The molecule has 1 unspecified atom stereocenters. The predicted octanol–water partition coefficient (Wildman–Crippen LogP) is 1.25. The van der Waals surface area contributed by atoms with E-state index in [0.29, 0.717) is 0 Å². The molecule has 4 heteroatoms. The monoisotopic (exact) mass is 217 g/mol. The van der Waals surface area contributed by atoms with Crippen LogP contribution < -0.4 is 11.0 Å². The lowest BCUT2D eigenvalue weighted by atomic mass is 10.1. The van der Waals surface area contributed by atoms with E-state index in [2.05, 4.69) is 10.3 Å². The minimum Gasteiger partial charge on any atom is -0.315 e. The highest BCUT2D eigenvalue weighted by Crippen LogP contribution is 2.19. The van der Waals surface area contributed by atoms with Crippen LogP contribution in [0.2, 0.25) is 0 Å². The molecule has 0 aliphatic carbocycles. The van der Waals surface area contributed by atoms with Crippen molar-refractivity contribution in [2.45, 2.75) is 18.9 Å². The molecule has 0 radical (unpaired) electrons. The second-order valence-electron chi connectivity index (χ2n) is 4.32. The van der Waals surface area contributed by atoms with Crippen molar-refractivity contribution in [3.05, 3.63) is 34.7 Å². The third kappa shape index (κ3) is 1.46. The van der Waals surface area contributed by atoms with Gasteiger partial charge in [-0.15, -0.1) is 0 Å². The molecule has 1 saturated heterocycles. The van der Waals surface area contributed by atoms with Crippen LogP contribution in [0.15, 0.2) is 29.1 Å². The highest BCUT2D eigenvalue weighted by Gasteiger charge is 2.18. The molecule has 1 atom stereocenters. The summed E-state index contributed by atoms with van der Waals surface area (Å²) in [6, 6.07) is 8.16. The fraction of sp³-hybridized carbons (Fsp3) is 0.417. The number of aromatic nitrogens is 2. The molecule has 1 aromatic carbocycles. The maximum atomic E-state index is 11.9. The van der Waals surface area contributed by atoms with Crippen molar-refractivity contribution < 1.29 is 0 Å². The van der Waals surface area contributed by atoms with Crippen LogP contribution in [0.1, 0.15) is 18.9 Å². The second-order valence-corrected chi connectivity index (χ2v) is 4.32. The van der Waals surface area contributed by atoms with Crippen LogP contribution in [0, 0.1) is 0 Å². The van der Waals surface area contributed by atoms with Gasteiger partial charge < -0.3 is 10.3 Å². The van der Waals surface area contributed by atoms with Gasteiger partial charge in [0.25, 0.3) is 0 Å². The van der Waals surface area contributed by atoms with E-state index in [-0.39, 0.29) is 11.7 Å². The smallest absolute Gasteiger partial charge is 0.315 e. The highest BCUT2D eigenvalue weighted by molar-refractivity contribution is 5.75. The fourth-order valence-electron chi connectivity index (χ4n) is 2.49. The van der Waals surface area contributed by atoms with Crippen LogP contribution in [-0.2, 0) is 0 Å². The number of nitrogens with one attached hydrogen (secondary N) is 2. The molecule has 0 spiro atoms. The molecule has 0 saturated carbocycles. The fourth-order valence-corrected chi connectivity index (χ4v) is 2.49. The number of benzene rings is 1. The van der Waals surface area contributed by atoms with Gasteiger partial charge in [-0.25, -0.2) is 4.79 Å². The molecule has 4 nitrogen and oxygen atoms in total. The van der Waals surface area contributed by atoms with Crippen LogP contribution >= 0.6 is 0 Å². The molecule has 0 bridgehead atoms. The average Bonchev–Trinajstić information content (AvgIpc) is 2.66. The SMILES string of the molecule is O=c1[nH]c2ccccc2n1C1CCCNC1. The average molecular weight is 217 g/mol. The van der Waals surface area contributed by atoms with Crippen molar-refractivity contribution in [1.29, 1.82) is 0 Å². The standard InChI is InChI=1S/C12H15N3O/c16-12-14-10-5-1-2-6-11(10)15(12)9-4-3-7-13-8-9/h1-2,5-6,9,13H,3-4,7-8H2,(H,14,16). The highest BCUT2D eigenvalue weighted by atomic mass is 16.1. The minimum atomic E-state index is 0.00917. The van der Waals surface area contributed by atoms with Crippen LogP contribution in [0.3, 0.4) is 0 Å². The van der Waals surface area contributed by atoms with E-state index in [1.54, 1.807) is 0 Å². The zero-order valence-corrected chi connectivity index (χ0v) is 9.07. The van der Waals surface area contributed by atoms with E-state index in [1.807, 2.05) is 28.8 Å². The summed E-state index contributed by atoms with van der Waals surface area (Å²) < 4.78 is 1.89. The number of fused-ring (bicyclic) bond motifs is 1. The van der Waals surface area contributed by atoms with Crippen molar-refractivity contribution in [1.82, 2.24) is 14.9 Å². The van der Waals surface area contributed by atoms with Crippen molar-refractivity contribution >= 4 is 11.0 Å². The zero-order valence-electron chi connectivity index (χ0n) is 9.07. The molecule has 1 fully saturated rings. The van der Waals surface area contributed by atoms with Crippen molar-refractivity contribution in [2.24, 2.45) is 0 Å². The molecule has 0 amide bonds. The topological polar surface area (TPSA) is 49.8 Å². The first kappa shape index (κ1) is 9.66. The number of nitrogens with zero attached hydrogens (tertiary/aromatic N) is 1. The van der Waals surface area contributed by atoms with Gasteiger partial charge in [0.05, 0.1) is 17.1 Å². The summed E-state index contributed by atoms with van der Waals surface area (Å²) in [6.07, 6.45) is 2.21. The third-order valence-electron chi connectivity index (χ3n) is 3.26. The first-order valence-electron chi connectivity index (χ1n) is 5.76. The molecule has 1 aromatic heterocycles. The van der Waals surface area contributed by atoms with Crippen molar-refractivity contribution in [3.8, 4) is 0 Å².